The summed E-state index contributed by atoms with van der Waals surface area (Å²) in [5, 5.41) is 3.41. The average molecular weight is 413 g/mol. The molecule has 1 saturated carbocycles. The van der Waals surface area contributed by atoms with Crippen molar-refractivity contribution in [3.05, 3.63) is 77.1 Å². The summed E-state index contributed by atoms with van der Waals surface area (Å²) >= 11 is 6.01. The van der Waals surface area contributed by atoms with Gasteiger partial charge in [-0.25, -0.2) is 9.37 Å². The predicted octanol–water partition coefficient (Wildman–Crippen LogP) is 4.76. The van der Waals surface area contributed by atoms with E-state index in [9.17, 15) is 9.18 Å². The summed E-state index contributed by atoms with van der Waals surface area (Å²) < 4.78 is 14.9. The van der Waals surface area contributed by atoms with Gasteiger partial charge < -0.3 is 10.2 Å². The van der Waals surface area contributed by atoms with Gasteiger partial charge in [-0.2, -0.15) is 0 Å². The number of imidazole rings is 1. The number of hydrogen-bond acceptors (Lipinski definition) is 3. The monoisotopic (exact) mass is 412 g/mol. The SMILES string of the molecule is CN(Cc1cn(-c2ccc(Cl)cc2)c(C(=O)Nc2ccc(F)cc2)n1)CC1CC1. The highest BCUT2D eigenvalue weighted by Gasteiger charge is 2.24. The summed E-state index contributed by atoms with van der Waals surface area (Å²) in [5.41, 5.74) is 2.11. The molecule has 0 atom stereocenters. The van der Waals surface area contributed by atoms with Crippen molar-refractivity contribution in [1.29, 1.82) is 0 Å². The first kappa shape index (κ1) is 19.6. The van der Waals surface area contributed by atoms with Crippen LogP contribution in [0.5, 0.6) is 0 Å². The normalized spacial score (nSPS) is 13.7. The minimum atomic E-state index is -0.359. The van der Waals surface area contributed by atoms with E-state index in [1.807, 2.05) is 18.3 Å². The number of aromatic nitrogens is 2. The number of halogens is 2. The number of nitrogens with one attached hydrogen (secondary N) is 1. The molecule has 0 radical (unpaired) electrons. The predicted molar refractivity (Wildman–Crippen MR) is 112 cm³/mol. The molecular formula is C22H22ClFN4O. The lowest BCUT2D eigenvalue weighted by Gasteiger charge is -2.13. The quantitative estimate of drug-likeness (QED) is 0.608. The molecule has 1 heterocycles. The van der Waals surface area contributed by atoms with E-state index in [4.69, 9.17) is 11.6 Å². The van der Waals surface area contributed by atoms with E-state index in [1.54, 1.807) is 16.7 Å². The fourth-order valence-corrected chi connectivity index (χ4v) is 3.39. The van der Waals surface area contributed by atoms with Crippen LogP contribution < -0.4 is 5.32 Å². The summed E-state index contributed by atoms with van der Waals surface area (Å²) in [6.45, 7) is 1.69. The van der Waals surface area contributed by atoms with Crippen LogP contribution in [0.25, 0.3) is 5.69 Å². The molecule has 3 aromatic rings. The Bertz CT molecular complexity index is 997. The van der Waals surface area contributed by atoms with Gasteiger partial charge in [0, 0.05) is 35.7 Å². The molecule has 150 valence electrons. The first-order valence-corrected chi connectivity index (χ1v) is 9.95. The second kappa shape index (κ2) is 8.35. The van der Waals surface area contributed by atoms with Crippen molar-refractivity contribution in [1.82, 2.24) is 14.5 Å². The third kappa shape index (κ3) is 5.02. The Kier molecular flexibility index (Phi) is 5.65. The lowest BCUT2D eigenvalue weighted by atomic mass is 10.3. The Morgan fingerprint density at radius 1 is 1.21 bits per heavy atom. The minimum absolute atomic E-state index is 0.270. The van der Waals surface area contributed by atoms with Gasteiger partial charge in [-0.05, 0) is 74.3 Å². The molecule has 0 saturated heterocycles. The highest BCUT2D eigenvalue weighted by atomic mass is 35.5. The minimum Gasteiger partial charge on any atom is -0.319 e. The number of anilines is 1. The standard InChI is InChI=1S/C22H22ClFN4O/c1-27(12-15-2-3-15)13-19-14-28(20-10-4-16(23)5-11-20)21(25-19)22(29)26-18-8-6-17(24)7-9-18/h4-11,14-15H,2-3,12-13H2,1H3,(H,26,29). The topological polar surface area (TPSA) is 50.2 Å². The molecule has 1 aromatic heterocycles. The molecule has 0 unspecified atom stereocenters. The Balaban J connectivity index is 1.61. The molecule has 5 nitrogen and oxygen atoms in total. The smallest absolute Gasteiger partial charge is 0.292 e. The number of amides is 1. The van der Waals surface area contributed by atoms with Crippen LogP contribution in [0.1, 0.15) is 29.2 Å². The third-order valence-corrected chi connectivity index (χ3v) is 5.12. The Hall–Kier alpha value is -2.70. The van der Waals surface area contributed by atoms with Crippen molar-refractivity contribution in [2.75, 3.05) is 18.9 Å². The van der Waals surface area contributed by atoms with E-state index in [1.165, 1.54) is 37.1 Å². The largest absolute Gasteiger partial charge is 0.319 e. The number of benzene rings is 2. The van der Waals surface area contributed by atoms with Crippen LogP contribution in [-0.4, -0.2) is 34.0 Å². The Morgan fingerprint density at radius 3 is 2.55 bits per heavy atom. The number of rotatable bonds is 7. The van der Waals surface area contributed by atoms with Crippen LogP contribution in [0.4, 0.5) is 10.1 Å². The second-order valence-corrected chi connectivity index (χ2v) is 7.94. The molecule has 7 heteroatoms. The van der Waals surface area contributed by atoms with Crippen molar-refractivity contribution in [2.45, 2.75) is 19.4 Å². The van der Waals surface area contributed by atoms with Gasteiger partial charge in [-0.15, -0.1) is 0 Å². The lowest BCUT2D eigenvalue weighted by molar-refractivity contribution is 0.101. The number of carbonyl (C=O) groups excluding carboxylic acids is 1. The lowest BCUT2D eigenvalue weighted by Crippen LogP contribution is -2.21. The van der Waals surface area contributed by atoms with Crippen molar-refractivity contribution in [2.24, 2.45) is 5.92 Å². The fourth-order valence-electron chi connectivity index (χ4n) is 3.27. The van der Waals surface area contributed by atoms with Crippen LogP contribution in [0, 0.1) is 11.7 Å². The number of carbonyl (C=O) groups is 1. The van der Waals surface area contributed by atoms with Gasteiger partial charge in [0.1, 0.15) is 5.82 Å². The maximum Gasteiger partial charge on any atom is 0.292 e. The molecule has 1 amide bonds. The summed E-state index contributed by atoms with van der Waals surface area (Å²) in [7, 11) is 2.07. The molecule has 1 aliphatic rings. The van der Waals surface area contributed by atoms with Gasteiger partial charge in [-0.3, -0.25) is 9.36 Å². The number of nitrogens with zero attached hydrogens (tertiary/aromatic N) is 3. The van der Waals surface area contributed by atoms with Crippen LogP contribution in [0.3, 0.4) is 0 Å². The van der Waals surface area contributed by atoms with E-state index in [-0.39, 0.29) is 17.5 Å². The van der Waals surface area contributed by atoms with Crippen molar-refractivity contribution >= 4 is 23.2 Å². The molecule has 0 aliphatic heterocycles. The molecule has 29 heavy (non-hydrogen) atoms. The Morgan fingerprint density at radius 2 is 1.90 bits per heavy atom. The summed E-state index contributed by atoms with van der Waals surface area (Å²) in [6.07, 6.45) is 4.45. The maximum absolute atomic E-state index is 13.1. The molecule has 1 N–H and O–H groups in total. The number of hydrogen-bond donors (Lipinski definition) is 1. The average Bonchev–Trinajstić information content (AvgIpc) is 3.40. The summed E-state index contributed by atoms with van der Waals surface area (Å²) in [5.74, 6) is 0.334. The van der Waals surface area contributed by atoms with Crippen LogP contribution in [-0.2, 0) is 6.54 Å². The first-order valence-electron chi connectivity index (χ1n) is 9.57. The second-order valence-electron chi connectivity index (χ2n) is 7.50. The van der Waals surface area contributed by atoms with Crippen molar-refractivity contribution in [3.63, 3.8) is 0 Å². The third-order valence-electron chi connectivity index (χ3n) is 4.86. The highest BCUT2D eigenvalue weighted by Crippen LogP contribution is 2.29. The van der Waals surface area contributed by atoms with Gasteiger partial charge in [0.05, 0.1) is 5.69 Å². The zero-order valence-electron chi connectivity index (χ0n) is 16.1. The van der Waals surface area contributed by atoms with Gasteiger partial charge in [0.2, 0.25) is 5.82 Å². The molecule has 1 aliphatic carbocycles. The van der Waals surface area contributed by atoms with Crippen molar-refractivity contribution < 1.29 is 9.18 Å². The van der Waals surface area contributed by atoms with Crippen molar-refractivity contribution in [3.8, 4) is 5.69 Å². The van der Waals surface area contributed by atoms with Gasteiger partial charge in [0.25, 0.3) is 5.91 Å². The molecule has 0 bridgehead atoms. The van der Waals surface area contributed by atoms with Crippen LogP contribution in [0.2, 0.25) is 5.02 Å². The molecular weight excluding hydrogens is 391 g/mol. The molecule has 0 spiro atoms. The zero-order chi connectivity index (χ0) is 20.4. The summed E-state index contributed by atoms with van der Waals surface area (Å²) in [4.78, 5) is 19.7. The van der Waals surface area contributed by atoms with Gasteiger partial charge in [-0.1, -0.05) is 11.6 Å². The van der Waals surface area contributed by atoms with Crippen LogP contribution in [0.15, 0.2) is 54.7 Å². The Labute approximate surface area is 174 Å². The molecule has 1 fully saturated rings. The fraction of sp³-hybridized carbons (Fsp3) is 0.273. The first-order chi connectivity index (χ1) is 14.0. The zero-order valence-corrected chi connectivity index (χ0v) is 16.9. The van der Waals surface area contributed by atoms with E-state index in [0.717, 1.165) is 23.8 Å². The molecule has 2 aromatic carbocycles. The van der Waals surface area contributed by atoms with Gasteiger partial charge in [0.15, 0.2) is 0 Å². The molecule has 4 rings (SSSR count). The maximum atomic E-state index is 13.1. The van der Waals surface area contributed by atoms with Crippen LogP contribution >= 0.6 is 11.6 Å². The summed E-state index contributed by atoms with van der Waals surface area (Å²) in [6, 6.07) is 12.9. The van der Waals surface area contributed by atoms with E-state index >= 15 is 0 Å². The van der Waals surface area contributed by atoms with E-state index in [0.29, 0.717) is 17.3 Å². The van der Waals surface area contributed by atoms with E-state index < -0.39 is 0 Å². The highest BCUT2D eigenvalue weighted by molar-refractivity contribution is 6.30. The van der Waals surface area contributed by atoms with Gasteiger partial charge >= 0.3 is 0 Å². The van der Waals surface area contributed by atoms with E-state index in [2.05, 4.69) is 22.2 Å².